The predicted molar refractivity (Wildman–Crippen MR) is 59.7 cm³/mol. The van der Waals surface area contributed by atoms with Crippen molar-refractivity contribution in [2.75, 3.05) is 7.05 Å². The normalized spacial score (nSPS) is 33.5. The Morgan fingerprint density at radius 2 is 2.12 bits per heavy atom. The number of likely N-dealkylation sites (N-methyl/N-ethyl adjacent to an activating group) is 1. The van der Waals surface area contributed by atoms with Crippen LogP contribution in [-0.4, -0.2) is 37.0 Å². The van der Waals surface area contributed by atoms with Crippen LogP contribution in [0.15, 0.2) is 0 Å². The zero-order valence-corrected chi connectivity index (χ0v) is 9.75. The summed E-state index contributed by atoms with van der Waals surface area (Å²) in [5.74, 6) is -0.0916. The number of fused-ring (bicyclic) bond motifs is 2. The van der Waals surface area contributed by atoms with Crippen molar-refractivity contribution >= 4 is 11.8 Å². The molecule has 4 atom stereocenters. The van der Waals surface area contributed by atoms with Gasteiger partial charge in [0.1, 0.15) is 6.04 Å². The fourth-order valence-corrected chi connectivity index (χ4v) is 2.72. The van der Waals surface area contributed by atoms with E-state index in [0.29, 0.717) is 12.1 Å². The smallest absolute Gasteiger partial charge is 0.242 e. The first kappa shape index (κ1) is 11.4. The zero-order chi connectivity index (χ0) is 11.7. The van der Waals surface area contributed by atoms with Crippen LogP contribution >= 0.6 is 0 Å². The van der Waals surface area contributed by atoms with Crippen LogP contribution in [0.4, 0.5) is 0 Å². The highest BCUT2D eigenvalue weighted by atomic mass is 16.2. The fraction of sp³-hybridized carbons (Fsp3) is 0.818. The number of carbonyl (C=O) groups is 2. The summed E-state index contributed by atoms with van der Waals surface area (Å²) in [7, 11) is 1.57. The van der Waals surface area contributed by atoms with E-state index < -0.39 is 6.04 Å². The third-order valence-corrected chi connectivity index (χ3v) is 3.64. The Morgan fingerprint density at radius 3 is 2.62 bits per heavy atom. The van der Waals surface area contributed by atoms with Gasteiger partial charge in [-0.1, -0.05) is 0 Å². The summed E-state index contributed by atoms with van der Waals surface area (Å²) in [5, 5.41) is 8.71. The SMILES string of the molecule is CNC(=O)C(C)NC(=O)C1CC2CCC1N2. The van der Waals surface area contributed by atoms with Crippen molar-refractivity contribution in [1.82, 2.24) is 16.0 Å². The average molecular weight is 225 g/mol. The van der Waals surface area contributed by atoms with E-state index >= 15 is 0 Å². The highest BCUT2D eigenvalue weighted by Crippen LogP contribution is 2.33. The Bertz CT molecular complexity index is 306. The van der Waals surface area contributed by atoms with Crippen molar-refractivity contribution in [2.24, 2.45) is 5.92 Å². The van der Waals surface area contributed by atoms with Crippen molar-refractivity contribution in [3.8, 4) is 0 Å². The summed E-state index contributed by atoms with van der Waals surface area (Å²) >= 11 is 0. The Hall–Kier alpha value is -1.10. The highest BCUT2D eigenvalue weighted by Gasteiger charge is 2.43. The summed E-state index contributed by atoms with van der Waals surface area (Å²) in [6.07, 6.45) is 3.17. The van der Waals surface area contributed by atoms with Crippen molar-refractivity contribution < 1.29 is 9.59 Å². The van der Waals surface area contributed by atoms with Gasteiger partial charge in [-0.15, -0.1) is 0 Å². The third-order valence-electron chi connectivity index (χ3n) is 3.64. The van der Waals surface area contributed by atoms with E-state index in [0.717, 1.165) is 12.8 Å². The van der Waals surface area contributed by atoms with E-state index in [1.54, 1.807) is 14.0 Å². The summed E-state index contributed by atoms with van der Waals surface area (Å²) in [4.78, 5) is 23.2. The van der Waals surface area contributed by atoms with Gasteiger partial charge in [-0.3, -0.25) is 9.59 Å². The quantitative estimate of drug-likeness (QED) is 0.599. The lowest BCUT2D eigenvalue weighted by molar-refractivity contribution is -0.130. The van der Waals surface area contributed by atoms with E-state index in [4.69, 9.17) is 0 Å². The molecule has 4 unspecified atom stereocenters. The van der Waals surface area contributed by atoms with Crippen LogP contribution in [0.3, 0.4) is 0 Å². The number of carbonyl (C=O) groups excluding carboxylic acids is 2. The molecule has 0 aromatic carbocycles. The summed E-state index contributed by atoms with van der Waals surface area (Å²) < 4.78 is 0. The van der Waals surface area contributed by atoms with Gasteiger partial charge < -0.3 is 16.0 Å². The summed E-state index contributed by atoms with van der Waals surface area (Å²) in [6, 6.07) is 0.384. The van der Waals surface area contributed by atoms with Crippen LogP contribution < -0.4 is 16.0 Å². The molecule has 2 bridgehead atoms. The van der Waals surface area contributed by atoms with E-state index in [2.05, 4.69) is 16.0 Å². The second kappa shape index (κ2) is 4.41. The Labute approximate surface area is 95.3 Å². The molecule has 3 N–H and O–H groups in total. The first-order valence-electron chi connectivity index (χ1n) is 5.90. The van der Waals surface area contributed by atoms with Crippen LogP contribution in [0.1, 0.15) is 26.2 Å². The standard InChI is InChI=1S/C11H19N3O2/c1-6(10(15)12-2)13-11(16)8-5-7-3-4-9(8)14-7/h6-9,14H,3-5H2,1-2H3,(H,12,15)(H,13,16). The van der Waals surface area contributed by atoms with Crippen LogP contribution in [0.25, 0.3) is 0 Å². The Kier molecular flexibility index (Phi) is 3.14. The van der Waals surface area contributed by atoms with Crippen LogP contribution in [-0.2, 0) is 9.59 Å². The molecule has 5 heteroatoms. The van der Waals surface area contributed by atoms with E-state index in [9.17, 15) is 9.59 Å². The molecular weight excluding hydrogens is 206 g/mol. The highest BCUT2D eigenvalue weighted by molar-refractivity contribution is 5.88. The summed E-state index contributed by atoms with van der Waals surface area (Å²) in [5.41, 5.74) is 0. The van der Waals surface area contributed by atoms with Gasteiger partial charge in [-0.05, 0) is 26.2 Å². The van der Waals surface area contributed by atoms with Gasteiger partial charge in [0.2, 0.25) is 11.8 Å². The second-order valence-electron chi connectivity index (χ2n) is 4.73. The van der Waals surface area contributed by atoms with Crippen LogP contribution in [0, 0.1) is 5.92 Å². The molecule has 2 saturated heterocycles. The third kappa shape index (κ3) is 2.04. The molecule has 2 fully saturated rings. The van der Waals surface area contributed by atoms with Crippen LogP contribution in [0.2, 0.25) is 0 Å². The van der Waals surface area contributed by atoms with Crippen LogP contribution in [0.5, 0.6) is 0 Å². The molecule has 2 heterocycles. The van der Waals surface area contributed by atoms with Crippen molar-refractivity contribution in [3.05, 3.63) is 0 Å². The topological polar surface area (TPSA) is 70.2 Å². The number of amides is 2. The molecule has 5 nitrogen and oxygen atoms in total. The van der Waals surface area contributed by atoms with E-state index in [1.165, 1.54) is 6.42 Å². The molecule has 90 valence electrons. The molecule has 2 amide bonds. The molecule has 0 aliphatic carbocycles. The lowest BCUT2D eigenvalue weighted by Crippen LogP contribution is -2.47. The first-order valence-corrected chi connectivity index (χ1v) is 5.90. The Balaban J connectivity index is 1.87. The fourth-order valence-electron chi connectivity index (χ4n) is 2.72. The molecule has 16 heavy (non-hydrogen) atoms. The minimum Gasteiger partial charge on any atom is -0.357 e. The van der Waals surface area contributed by atoms with Crippen molar-refractivity contribution in [3.63, 3.8) is 0 Å². The number of nitrogens with one attached hydrogen (secondary N) is 3. The van der Waals surface area contributed by atoms with Gasteiger partial charge in [0.05, 0.1) is 5.92 Å². The van der Waals surface area contributed by atoms with Crippen molar-refractivity contribution in [2.45, 2.75) is 44.3 Å². The van der Waals surface area contributed by atoms with E-state index in [-0.39, 0.29) is 17.7 Å². The van der Waals surface area contributed by atoms with Gasteiger partial charge in [-0.2, -0.15) is 0 Å². The number of hydrogen-bond donors (Lipinski definition) is 3. The Morgan fingerprint density at radius 1 is 1.38 bits per heavy atom. The number of rotatable bonds is 3. The minimum absolute atomic E-state index is 0.0100. The molecule has 0 radical (unpaired) electrons. The lowest BCUT2D eigenvalue weighted by atomic mass is 9.88. The zero-order valence-electron chi connectivity index (χ0n) is 9.75. The largest absolute Gasteiger partial charge is 0.357 e. The molecule has 0 aromatic heterocycles. The van der Waals surface area contributed by atoms with Gasteiger partial charge in [0.15, 0.2) is 0 Å². The molecule has 0 aromatic rings. The van der Waals surface area contributed by atoms with Gasteiger partial charge >= 0.3 is 0 Å². The maximum atomic E-state index is 11.9. The maximum absolute atomic E-state index is 11.9. The molecule has 2 aliphatic rings. The van der Waals surface area contributed by atoms with E-state index in [1.807, 2.05) is 0 Å². The van der Waals surface area contributed by atoms with Gasteiger partial charge in [0, 0.05) is 19.1 Å². The maximum Gasteiger partial charge on any atom is 0.242 e. The van der Waals surface area contributed by atoms with Gasteiger partial charge in [0.25, 0.3) is 0 Å². The predicted octanol–water partition coefficient (Wildman–Crippen LogP) is -0.622. The molecule has 2 aliphatic heterocycles. The average Bonchev–Trinajstić information content (AvgIpc) is 2.89. The van der Waals surface area contributed by atoms with Crippen molar-refractivity contribution in [1.29, 1.82) is 0 Å². The summed E-state index contributed by atoms with van der Waals surface area (Å²) in [6.45, 7) is 1.71. The van der Waals surface area contributed by atoms with Gasteiger partial charge in [-0.25, -0.2) is 0 Å². The first-order chi connectivity index (χ1) is 7.61. The number of hydrogen-bond acceptors (Lipinski definition) is 3. The second-order valence-corrected chi connectivity index (χ2v) is 4.73. The molecule has 0 saturated carbocycles. The lowest BCUT2D eigenvalue weighted by Gasteiger charge is -2.21. The minimum atomic E-state index is -0.448. The molecule has 2 rings (SSSR count). The monoisotopic (exact) mass is 225 g/mol. The molecule has 0 spiro atoms. The molecular formula is C11H19N3O2.